The van der Waals surface area contributed by atoms with E-state index in [1.54, 1.807) is 30.3 Å². The van der Waals surface area contributed by atoms with E-state index in [9.17, 15) is 13.2 Å². The van der Waals surface area contributed by atoms with Crippen LogP contribution in [0.15, 0.2) is 41.3 Å². The molecule has 0 amide bonds. The van der Waals surface area contributed by atoms with E-state index >= 15 is 0 Å². The van der Waals surface area contributed by atoms with Gasteiger partial charge < -0.3 is 0 Å². The van der Waals surface area contributed by atoms with Crippen LogP contribution in [0, 0.1) is 0 Å². The van der Waals surface area contributed by atoms with Crippen LogP contribution in [0.5, 0.6) is 0 Å². The molecule has 0 heterocycles. The molecule has 0 atom stereocenters. The minimum absolute atomic E-state index is 0. The van der Waals surface area contributed by atoms with E-state index in [4.69, 9.17) is 4.55 Å². The number of rotatable bonds is 2. The van der Waals surface area contributed by atoms with Gasteiger partial charge in [-0.15, -0.1) is 0 Å². The second-order valence-electron chi connectivity index (χ2n) is 3.29. The van der Waals surface area contributed by atoms with Gasteiger partial charge in [0, 0.05) is 35.1 Å². The van der Waals surface area contributed by atoms with Gasteiger partial charge in [0.05, 0.1) is 0 Å². The van der Waals surface area contributed by atoms with E-state index in [1.807, 2.05) is 0 Å². The third kappa shape index (κ3) is 2.75. The summed E-state index contributed by atoms with van der Waals surface area (Å²) in [5.41, 5.74) is -0.0133. The maximum absolute atomic E-state index is 11.1. The van der Waals surface area contributed by atoms with E-state index in [0.717, 1.165) is 5.39 Å². The quantitative estimate of drug-likeness (QED) is 0.504. The van der Waals surface area contributed by atoms with Gasteiger partial charge in [0.15, 0.2) is 6.29 Å². The zero-order chi connectivity index (χ0) is 11.8. The van der Waals surface area contributed by atoms with Crippen molar-refractivity contribution in [1.82, 2.24) is 0 Å². The molecule has 0 saturated carbocycles. The summed E-state index contributed by atoms with van der Waals surface area (Å²) in [4.78, 5) is 10.6. The molecule has 4 nitrogen and oxygen atoms in total. The predicted molar refractivity (Wildman–Crippen MR) is 64.9 cm³/mol. The van der Waals surface area contributed by atoms with Gasteiger partial charge in [0.25, 0.3) is 10.1 Å². The van der Waals surface area contributed by atoms with Gasteiger partial charge in [-0.05, 0) is 16.8 Å². The summed E-state index contributed by atoms with van der Waals surface area (Å²) < 4.78 is 31.1. The summed E-state index contributed by atoms with van der Waals surface area (Å²) in [7, 11) is -4.37. The molecule has 0 aliphatic carbocycles. The first-order valence-electron chi connectivity index (χ1n) is 4.48. The molecular formula is C11H8NaO4S. The van der Waals surface area contributed by atoms with Crippen molar-refractivity contribution in [3.05, 3.63) is 42.0 Å². The normalized spacial score (nSPS) is 10.9. The van der Waals surface area contributed by atoms with Gasteiger partial charge in [-0.2, -0.15) is 8.42 Å². The summed E-state index contributed by atoms with van der Waals surface area (Å²) in [5.74, 6) is 0. The molecule has 2 aromatic rings. The van der Waals surface area contributed by atoms with Crippen LogP contribution in [-0.4, -0.2) is 48.8 Å². The molecule has 2 aromatic carbocycles. The average molecular weight is 259 g/mol. The molecule has 0 unspecified atom stereocenters. The van der Waals surface area contributed by atoms with Crippen LogP contribution in [-0.2, 0) is 10.1 Å². The van der Waals surface area contributed by atoms with E-state index in [1.165, 1.54) is 6.07 Å². The number of carbonyl (C=O) groups excluding carboxylic acids is 1. The number of hydrogen-bond acceptors (Lipinski definition) is 3. The topological polar surface area (TPSA) is 71.4 Å². The number of benzene rings is 2. The van der Waals surface area contributed by atoms with E-state index in [2.05, 4.69) is 0 Å². The second kappa shape index (κ2) is 5.29. The maximum atomic E-state index is 11.1. The number of hydrogen-bond donors (Lipinski definition) is 1. The third-order valence-electron chi connectivity index (χ3n) is 2.33. The summed E-state index contributed by atoms with van der Waals surface area (Å²) in [5, 5.41) is 1.25. The van der Waals surface area contributed by atoms with Crippen molar-refractivity contribution in [1.29, 1.82) is 0 Å². The fourth-order valence-electron chi connectivity index (χ4n) is 1.62. The molecular weight excluding hydrogens is 251 g/mol. The molecule has 2 rings (SSSR count). The number of carbonyl (C=O) groups is 1. The first kappa shape index (κ1) is 14.3. The van der Waals surface area contributed by atoms with Crippen molar-refractivity contribution in [2.45, 2.75) is 4.90 Å². The molecule has 17 heavy (non-hydrogen) atoms. The maximum Gasteiger partial charge on any atom is 0.295 e. The number of fused-ring (bicyclic) bond motifs is 1. The van der Waals surface area contributed by atoms with Gasteiger partial charge in [-0.3, -0.25) is 9.35 Å². The van der Waals surface area contributed by atoms with Crippen LogP contribution < -0.4 is 0 Å². The average Bonchev–Trinajstić information content (AvgIpc) is 2.26. The Bertz CT molecular complexity index is 664. The van der Waals surface area contributed by atoms with Crippen LogP contribution in [0.2, 0.25) is 0 Å². The van der Waals surface area contributed by atoms with Crippen LogP contribution in [0.1, 0.15) is 10.4 Å². The SMILES string of the molecule is O=Cc1c(S(=O)(=O)O)ccc2ccccc12.[Na]. The molecule has 6 heteroatoms. The van der Waals surface area contributed by atoms with Crippen molar-refractivity contribution in [3.63, 3.8) is 0 Å². The van der Waals surface area contributed by atoms with Gasteiger partial charge in [-0.1, -0.05) is 30.3 Å². The Morgan fingerprint density at radius 2 is 1.71 bits per heavy atom. The minimum atomic E-state index is -4.37. The van der Waals surface area contributed by atoms with Crippen molar-refractivity contribution < 1.29 is 17.8 Å². The zero-order valence-corrected chi connectivity index (χ0v) is 11.9. The van der Waals surface area contributed by atoms with Gasteiger partial charge >= 0.3 is 0 Å². The molecule has 1 radical (unpaired) electrons. The van der Waals surface area contributed by atoms with Crippen LogP contribution in [0.4, 0.5) is 0 Å². The standard InChI is InChI=1S/C11H8O4S.Na/c12-7-10-9-4-2-1-3-8(9)5-6-11(10)16(13,14)15;/h1-7H,(H,13,14,15);. The smallest absolute Gasteiger partial charge is 0.295 e. The Balaban J connectivity index is 0.00000144. The Morgan fingerprint density at radius 3 is 2.29 bits per heavy atom. The van der Waals surface area contributed by atoms with Crippen LogP contribution >= 0.6 is 0 Å². The summed E-state index contributed by atoms with van der Waals surface area (Å²) >= 11 is 0. The first-order valence-corrected chi connectivity index (χ1v) is 5.92. The minimum Gasteiger partial charge on any atom is -0.298 e. The molecule has 1 N–H and O–H groups in total. The molecule has 0 aliphatic heterocycles. The second-order valence-corrected chi connectivity index (χ2v) is 4.68. The van der Waals surface area contributed by atoms with Crippen molar-refractivity contribution in [3.8, 4) is 0 Å². The molecule has 0 saturated heterocycles. The number of aldehydes is 1. The monoisotopic (exact) mass is 259 g/mol. The summed E-state index contributed by atoms with van der Waals surface area (Å²) in [6.07, 6.45) is 0.436. The Hall–Kier alpha value is -0.720. The van der Waals surface area contributed by atoms with Crippen molar-refractivity contribution >= 4 is 56.7 Å². The third-order valence-corrected chi connectivity index (χ3v) is 3.24. The van der Waals surface area contributed by atoms with Gasteiger partial charge in [0.2, 0.25) is 0 Å². The van der Waals surface area contributed by atoms with Gasteiger partial charge in [-0.25, -0.2) is 0 Å². The largest absolute Gasteiger partial charge is 0.298 e. The first-order chi connectivity index (χ1) is 7.54. The fourth-order valence-corrected chi connectivity index (χ4v) is 2.30. The summed E-state index contributed by atoms with van der Waals surface area (Å²) in [6.45, 7) is 0. The molecule has 0 bridgehead atoms. The Kier molecular flexibility index (Phi) is 4.46. The van der Waals surface area contributed by atoms with Crippen molar-refractivity contribution in [2.24, 2.45) is 0 Å². The Morgan fingerprint density at radius 1 is 1.06 bits per heavy atom. The fraction of sp³-hybridized carbons (Fsp3) is 0. The molecule has 0 aromatic heterocycles. The molecule has 83 valence electrons. The zero-order valence-electron chi connectivity index (χ0n) is 9.12. The van der Waals surface area contributed by atoms with Crippen LogP contribution in [0.3, 0.4) is 0 Å². The predicted octanol–water partition coefficient (Wildman–Crippen LogP) is 1.52. The Labute approximate surface area is 121 Å². The molecule has 0 spiro atoms. The van der Waals surface area contributed by atoms with Crippen molar-refractivity contribution in [2.75, 3.05) is 0 Å². The summed E-state index contributed by atoms with van der Waals surface area (Å²) in [6, 6.07) is 9.64. The van der Waals surface area contributed by atoms with Gasteiger partial charge in [0.1, 0.15) is 4.90 Å². The molecule has 0 fully saturated rings. The van der Waals surface area contributed by atoms with E-state index in [-0.39, 0.29) is 40.0 Å². The molecule has 0 aliphatic rings. The van der Waals surface area contributed by atoms with E-state index < -0.39 is 10.1 Å². The van der Waals surface area contributed by atoms with Crippen LogP contribution in [0.25, 0.3) is 10.8 Å². The van der Waals surface area contributed by atoms with E-state index in [0.29, 0.717) is 11.7 Å².